The van der Waals surface area contributed by atoms with E-state index in [1.54, 1.807) is 12.1 Å². The predicted molar refractivity (Wildman–Crippen MR) is 107 cm³/mol. The Morgan fingerprint density at radius 2 is 1.70 bits per heavy atom. The van der Waals surface area contributed by atoms with E-state index in [-0.39, 0.29) is 10.8 Å². The van der Waals surface area contributed by atoms with Crippen molar-refractivity contribution in [3.63, 3.8) is 0 Å². The van der Waals surface area contributed by atoms with Crippen LogP contribution in [0.3, 0.4) is 0 Å². The Kier molecular flexibility index (Phi) is 6.52. The minimum absolute atomic E-state index is 0.209. The summed E-state index contributed by atoms with van der Waals surface area (Å²) in [6.07, 6.45) is 3.35. The third kappa shape index (κ3) is 4.89. The van der Waals surface area contributed by atoms with Crippen molar-refractivity contribution in [1.82, 2.24) is 9.62 Å². The maximum absolute atomic E-state index is 12.5. The van der Waals surface area contributed by atoms with Gasteiger partial charge in [0.2, 0.25) is 10.0 Å². The summed E-state index contributed by atoms with van der Waals surface area (Å²) in [5.41, 5.74) is 1.51. The van der Waals surface area contributed by atoms with Crippen molar-refractivity contribution in [3.8, 4) is 0 Å². The molecule has 0 radical (unpaired) electrons. The molecule has 1 amide bonds. The first kappa shape index (κ1) is 19.9. The highest BCUT2D eigenvalue weighted by molar-refractivity contribution is 7.89. The summed E-state index contributed by atoms with van der Waals surface area (Å²) >= 11 is 6.12. The highest BCUT2D eigenvalue weighted by Crippen LogP contribution is 2.21. The first-order chi connectivity index (χ1) is 13.0. The van der Waals surface area contributed by atoms with Crippen molar-refractivity contribution in [3.05, 3.63) is 64.7 Å². The van der Waals surface area contributed by atoms with E-state index < -0.39 is 10.0 Å². The Balaban J connectivity index is 1.52. The molecular formula is C20H23ClN2O3S. The Morgan fingerprint density at radius 1 is 1.04 bits per heavy atom. The van der Waals surface area contributed by atoms with E-state index in [1.165, 1.54) is 16.4 Å². The summed E-state index contributed by atoms with van der Waals surface area (Å²) in [6.45, 7) is 1.66. The number of nitrogens with zero attached hydrogens (tertiary/aromatic N) is 1. The van der Waals surface area contributed by atoms with Gasteiger partial charge in [-0.1, -0.05) is 29.8 Å². The van der Waals surface area contributed by atoms with Crippen LogP contribution in [0.25, 0.3) is 0 Å². The number of hydrogen-bond acceptors (Lipinski definition) is 3. The third-order valence-electron chi connectivity index (χ3n) is 4.69. The van der Waals surface area contributed by atoms with Gasteiger partial charge in [0.1, 0.15) is 0 Å². The normalized spacial score (nSPS) is 15.0. The number of sulfonamides is 1. The van der Waals surface area contributed by atoms with Gasteiger partial charge >= 0.3 is 0 Å². The monoisotopic (exact) mass is 406 g/mol. The van der Waals surface area contributed by atoms with Crippen LogP contribution < -0.4 is 5.32 Å². The van der Waals surface area contributed by atoms with Gasteiger partial charge in [0.15, 0.2) is 0 Å². The van der Waals surface area contributed by atoms with Crippen molar-refractivity contribution in [2.24, 2.45) is 0 Å². The van der Waals surface area contributed by atoms with Crippen LogP contribution >= 0.6 is 11.6 Å². The van der Waals surface area contributed by atoms with Crippen molar-refractivity contribution in [2.45, 2.75) is 30.6 Å². The predicted octanol–water partition coefficient (Wildman–Crippen LogP) is 3.49. The first-order valence-electron chi connectivity index (χ1n) is 9.10. The molecule has 1 saturated heterocycles. The molecule has 1 fully saturated rings. The Hall–Kier alpha value is -1.89. The summed E-state index contributed by atoms with van der Waals surface area (Å²) < 4.78 is 26.5. The molecular weight excluding hydrogens is 384 g/mol. The molecule has 144 valence electrons. The third-order valence-corrected chi connectivity index (χ3v) is 6.97. The lowest BCUT2D eigenvalue weighted by Crippen LogP contribution is -2.28. The molecule has 0 saturated carbocycles. The topological polar surface area (TPSA) is 66.5 Å². The fourth-order valence-corrected chi connectivity index (χ4v) is 4.89. The van der Waals surface area contributed by atoms with Gasteiger partial charge in [-0.2, -0.15) is 4.31 Å². The summed E-state index contributed by atoms with van der Waals surface area (Å²) in [4.78, 5) is 12.5. The van der Waals surface area contributed by atoms with Gasteiger partial charge in [-0.05, 0) is 61.6 Å². The summed E-state index contributed by atoms with van der Waals surface area (Å²) in [5.74, 6) is -0.209. The first-order valence-corrected chi connectivity index (χ1v) is 10.9. The van der Waals surface area contributed by atoms with E-state index in [4.69, 9.17) is 11.6 Å². The van der Waals surface area contributed by atoms with Crippen LogP contribution in [0, 0.1) is 0 Å². The number of amides is 1. The SMILES string of the molecule is O=C(NCCCc1ccccc1Cl)c1ccc(S(=O)(=O)N2CCCC2)cc1. The van der Waals surface area contributed by atoms with Crippen LogP contribution in [-0.2, 0) is 16.4 Å². The minimum atomic E-state index is -3.45. The van der Waals surface area contributed by atoms with E-state index >= 15 is 0 Å². The zero-order valence-electron chi connectivity index (χ0n) is 15.0. The molecule has 0 aromatic heterocycles. The molecule has 0 bridgehead atoms. The Bertz CT molecular complexity index is 892. The van der Waals surface area contributed by atoms with Crippen LogP contribution in [0.1, 0.15) is 35.2 Å². The standard InChI is InChI=1S/C20H23ClN2O3S/c21-19-8-2-1-6-16(19)7-5-13-22-20(24)17-9-11-18(12-10-17)27(25,26)23-14-3-4-15-23/h1-2,6,8-12H,3-5,7,13-15H2,(H,22,24). The van der Waals surface area contributed by atoms with Crippen LogP contribution in [0.5, 0.6) is 0 Å². The van der Waals surface area contributed by atoms with E-state index in [1.807, 2.05) is 24.3 Å². The average molecular weight is 407 g/mol. The lowest BCUT2D eigenvalue weighted by Gasteiger charge is -2.15. The maximum Gasteiger partial charge on any atom is 0.251 e. The maximum atomic E-state index is 12.5. The van der Waals surface area contributed by atoms with Crippen molar-refractivity contribution >= 4 is 27.5 Å². The summed E-state index contributed by atoms with van der Waals surface area (Å²) in [7, 11) is -3.45. The minimum Gasteiger partial charge on any atom is -0.352 e. The molecule has 3 rings (SSSR count). The van der Waals surface area contributed by atoms with Gasteiger partial charge in [-0.15, -0.1) is 0 Å². The molecule has 1 heterocycles. The molecule has 7 heteroatoms. The summed E-state index contributed by atoms with van der Waals surface area (Å²) in [5, 5.41) is 3.59. The summed E-state index contributed by atoms with van der Waals surface area (Å²) in [6, 6.07) is 13.8. The molecule has 2 aromatic carbocycles. The Labute approximate surface area is 165 Å². The number of hydrogen-bond donors (Lipinski definition) is 1. The van der Waals surface area contributed by atoms with Crippen molar-refractivity contribution in [1.29, 1.82) is 0 Å². The number of rotatable bonds is 7. The smallest absolute Gasteiger partial charge is 0.251 e. The van der Waals surface area contributed by atoms with Crippen molar-refractivity contribution < 1.29 is 13.2 Å². The number of aryl methyl sites for hydroxylation is 1. The Morgan fingerprint density at radius 3 is 2.37 bits per heavy atom. The van der Waals surface area contributed by atoms with E-state index in [2.05, 4.69) is 5.32 Å². The number of benzene rings is 2. The van der Waals surface area contributed by atoms with Crippen LogP contribution in [0.4, 0.5) is 0 Å². The van der Waals surface area contributed by atoms with Gasteiger partial charge in [0.25, 0.3) is 5.91 Å². The second-order valence-corrected chi connectivity index (χ2v) is 8.93. The molecule has 0 atom stereocenters. The van der Waals surface area contributed by atoms with E-state index in [9.17, 15) is 13.2 Å². The highest BCUT2D eigenvalue weighted by Gasteiger charge is 2.27. The highest BCUT2D eigenvalue weighted by atomic mass is 35.5. The fourth-order valence-electron chi connectivity index (χ4n) is 3.14. The van der Waals surface area contributed by atoms with Gasteiger partial charge in [0.05, 0.1) is 4.90 Å². The molecule has 27 heavy (non-hydrogen) atoms. The molecule has 1 N–H and O–H groups in total. The average Bonchev–Trinajstić information content (AvgIpc) is 3.22. The zero-order chi connectivity index (χ0) is 19.3. The number of carbonyl (C=O) groups excluding carboxylic acids is 1. The van der Waals surface area contributed by atoms with Gasteiger partial charge in [0, 0.05) is 30.2 Å². The molecule has 5 nitrogen and oxygen atoms in total. The molecule has 0 unspecified atom stereocenters. The van der Waals surface area contributed by atoms with E-state index in [0.29, 0.717) is 25.2 Å². The van der Waals surface area contributed by atoms with Crippen LogP contribution in [0.15, 0.2) is 53.4 Å². The van der Waals surface area contributed by atoms with Gasteiger partial charge in [-0.3, -0.25) is 4.79 Å². The largest absolute Gasteiger partial charge is 0.352 e. The second-order valence-electron chi connectivity index (χ2n) is 6.59. The molecule has 1 aliphatic heterocycles. The second kappa shape index (κ2) is 8.87. The lowest BCUT2D eigenvalue weighted by molar-refractivity contribution is 0.0953. The van der Waals surface area contributed by atoms with E-state index in [0.717, 1.165) is 36.3 Å². The molecule has 0 spiro atoms. The zero-order valence-corrected chi connectivity index (χ0v) is 16.6. The quantitative estimate of drug-likeness (QED) is 0.716. The van der Waals surface area contributed by atoms with Crippen LogP contribution in [-0.4, -0.2) is 38.3 Å². The lowest BCUT2D eigenvalue weighted by atomic mass is 10.1. The van der Waals surface area contributed by atoms with Crippen LogP contribution in [0.2, 0.25) is 5.02 Å². The number of halogens is 1. The molecule has 2 aromatic rings. The van der Waals surface area contributed by atoms with Crippen molar-refractivity contribution in [2.75, 3.05) is 19.6 Å². The molecule has 0 aliphatic carbocycles. The molecule has 1 aliphatic rings. The van der Waals surface area contributed by atoms with Gasteiger partial charge < -0.3 is 5.32 Å². The number of nitrogens with one attached hydrogen (secondary N) is 1. The fraction of sp³-hybridized carbons (Fsp3) is 0.350. The van der Waals surface area contributed by atoms with Gasteiger partial charge in [-0.25, -0.2) is 8.42 Å². The number of carbonyl (C=O) groups is 1.